The molecule has 6 heteroatoms. The van der Waals surface area contributed by atoms with Gasteiger partial charge in [-0.05, 0) is 43.2 Å². The second kappa shape index (κ2) is 7.43. The molecule has 26 heavy (non-hydrogen) atoms. The summed E-state index contributed by atoms with van der Waals surface area (Å²) in [4.78, 5) is 13.1. The second-order valence-corrected chi connectivity index (χ2v) is 6.91. The second-order valence-electron chi connectivity index (χ2n) is 6.91. The zero-order valence-corrected chi connectivity index (χ0v) is 14.6. The SMILES string of the molecule is C[C@@]1(O)CCN(Cc2ccc(C(=O)O)cc2)C[C@H]1Oc1cccc(F)c1. The van der Waals surface area contributed by atoms with E-state index < -0.39 is 17.7 Å². The fourth-order valence-corrected chi connectivity index (χ4v) is 3.09. The van der Waals surface area contributed by atoms with E-state index in [0.29, 0.717) is 31.8 Å². The number of aromatic carboxylic acids is 1. The minimum absolute atomic E-state index is 0.252. The largest absolute Gasteiger partial charge is 0.486 e. The highest BCUT2D eigenvalue weighted by Gasteiger charge is 2.39. The van der Waals surface area contributed by atoms with Gasteiger partial charge in [-0.25, -0.2) is 9.18 Å². The molecular weight excluding hydrogens is 337 g/mol. The number of carbonyl (C=O) groups is 1. The van der Waals surface area contributed by atoms with Gasteiger partial charge in [-0.1, -0.05) is 18.2 Å². The van der Waals surface area contributed by atoms with Crippen molar-refractivity contribution in [1.29, 1.82) is 0 Å². The Kier molecular flexibility index (Phi) is 5.25. The summed E-state index contributed by atoms with van der Waals surface area (Å²) in [5.74, 6) is -0.939. The van der Waals surface area contributed by atoms with Crippen molar-refractivity contribution in [2.45, 2.75) is 31.6 Å². The molecule has 2 aromatic carbocycles. The Labute approximate surface area is 151 Å². The standard InChI is InChI=1S/C20H22FNO4/c1-20(25)9-10-22(12-14-5-7-15(8-6-14)19(23)24)13-18(20)26-17-4-2-3-16(21)11-17/h2-8,11,18,25H,9-10,12-13H2,1H3,(H,23,24)/t18-,20-/m1/s1. The number of ether oxygens (including phenoxy) is 1. The maximum absolute atomic E-state index is 13.4. The van der Waals surface area contributed by atoms with Crippen LogP contribution in [0.2, 0.25) is 0 Å². The van der Waals surface area contributed by atoms with Crippen molar-refractivity contribution in [3.63, 3.8) is 0 Å². The summed E-state index contributed by atoms with van der Waals surface area (Å²) in [5, 5.41) is 19.6. The predicted octanol–water partition coefficient (Wildman–Crippen LogP) is 2.93. The predicted molar refractivity (Wildman–Crippen MR) is 94.7 cm³/mol. The lowest BCUT2D eigenvalue weighted by molar-refractivity contribution is -0.0965. The van der Waals surface area contributed by atoms with Crippen LogP contribution in [0.1, 0.15) is 29.3 Å². The molecule has 3 rings (SSSR count). The van der Waals surface area contributed by atoms with Gasteiger partial charge in [-0.15, -0.1) is 0 Å². The number of carboxylic acids is 1. The third kappa shape index (κ3) is 4.39. The monoisotopic (exact) mass is 359 g/mol. The molecule has 5 nitrogen and oxygen atoms in total. The van der Waals surface area contributed by atoms with Crippen LogP contribution in [0.15, 0.2) is 48.5 Å². The van der Waals surface area contributed by atoms with Crippen molar-refractivity contribution in [2.24, 2.45) is 0 Å². The van der Waals surface area contributed by atoms with Gasteiger partial charge >= 0.3 is 5.97 Å². The molecule has 0 aromatic heterocycles. The molecule has 138 valence electrons. The highest BCUT2D eigenvalue weighted by molar-refractivity contribution is 5.87. The molecule has 0 spiro atoms. The van der Waals surface area contributed by atoms with Crippen LogP contribution in [0.3, 0.4) is 0 Å². The Bertz CT molecular complexity index is 776. The van der Waals surface area contributed by atoms with Crippen LogP contribution in [0.5, 0.6) is 5.75 Å². The Balaban J connectivity index is 1.67. The van der Waals surface area contributed by atoms with Gasteiger partial charge in [0.15, 0.2) is 0 Å². The fourth-order valence-electron chi connectivity index (χ4n) is 3.09. The summed E-state index contributed by atoms with van der Waals surface area (Å²) in [6.45, 7) is 3.54. The van der Waals surface area contributed by atoms with Crippen molar-refractivity contribution < 1.29 is 24.1 Å². The highest BCUT2D eigenvalue weighted by Crippen LogP contribution is 2.27. The van der Waals surface area contributed by atoms with Gasteiger partial charge in [0.25, 0.3) is 0 Å². The molecular formula is C20H22FNO4. The van der Waals surface area contributed by atoms with Crippen molar-refractivity contribution in [3.05, 3.63) is 65.5 Å². The van der Waals surface area contributed by atoms with Crippen LogP contribution in [0.25, 0.3) is 0 Å². The van der Waals surface area contributed by atoms with Crippen LogP contribution < -0.4 is 4.74 Å². The van der Waals surface area contributed by atoms with E-state index >= 15 is 0 Å². The molecule has 0 saturated carbocycles. The van der Waals surface area contributed by atoms with Gasteiger partial charge in [-0.2, -0.15) is 0 Å². The zero-order chi connectivity index (χ0) is 18.7. The zero-order valence-electron chi connectivity index (χ0n) is 14.6. The van der Waals surface area contributed by atoms with Crippen molar-refractivity contribution >= 4 is 5.97 Å². The first kappa shape index (κ1) is 18.4. The first-order chi connectivity index (χ1) is 12.3. The van der Waals surface area contributed by atoms with E-state index in [1.165, 1.54) is 12.1 Å². The molecule has 1 saturated heterocycles. The molecule has 1 aliphatic rings. The third-order valence-electron chi connectivity index (χ3n) is 4.73. The van der Waals surface area contributed by atoms with Gasteiger partial charge < -0.3 is 14.9 Å². The van der Waals surface area contributed by atoms with Gasteiger partial charge in [0.2, 0.25) is 0 Å². The van der Waals surface area contributed by atoms with E-state index in [4.69, 9.17) is 9.84 Å². The normalized spacial score (nSPS) is 23.6. The van der Waals surface area contributed by atoms with Crippen molar-refractivity contribution in [3.8, 4) is 5.75 Å². The molecule has 2 atom stereocenters. The van der Waals surface area contributed by atoms with Crippen molar-refractivity contribution in [1.82, 2.24) is 4.90 Å². The summed E-state index contributed by atoms with van der Waals surface area (Å²) in [5.41, 5.74) is 0.236. The smallest absolute Gasteiger partial charge is 0.335 e. The molecule has 0 bridgehead atoms. The van der Waals surface area contributed by atoms with Crippen LogP contribution >= 0.6 is 0 Å². The molecule has 0 unspecified atom stereocenters. The summed E-state index contributed by atoms with van der Waals surface area (Å²) in [7, 11) is 0. The number of piperidine rings is 1. The maximum Gasteiger partial charge on any atom is 0.335 e. The van der Waals surface area contributed by atoms with Crippen LogP contribution in [-0.4, -0.2) is 45.9 Å². The number of rotatable bonds is 5. The number of nitrogens with zero attached hydrogens (tertiary/aromatic N) is 1. The van der Waals surface area contributed by atoms with Gasteiger partial charge in [0.05, 0.1) is 5.56 Å². The first-order valence-electron chi connectivity index (χ1n) is 8.53. The van der Waals surface area contributed by atoms with E-state index in [-0.39, 0.29) is 11.4 Å². The van der Waals surface area contributed by atoms with Crippen LogP contribution in [0.4, 0.5) is 4.39 Å². The number of hydrogen-bond donors (Lipinski definition) is 2. The lowest BCUT2D eigenvalue weighted by Crippen LogP contribution is -2.56. The van der Waals surface area contributed by atoms with Gasteiger partial charge in [0.1, 0.15) is 23.3 Å². The molecule has 0 radical (unpaired) electrons. The molecule has 2 N–H and O–H groups in total. The van der Waals surface area contributed by atoms with E-state index in [1.54, 1.807) is 43.3 Å². The number of carboxylic acid groups (broad SMARTS) is 1. The van der Waals surface area contributed by atoms with E-state index in [9.17, 15) is 14.3 Å². The minimum Gasteiger partial charge on any atom is -0.486 e. The summed E-state index contributed by atoms with van der Waals surface area (Å²) in [6.07, 6.45) is 0.0385. The Morgan fingerprint density at radius 3 is 2.69 bits per heavy atom. The summed E-state index contributed by atoms with van der Waals surface area (Å²) >= 11 is 0. The first-order valence-corrected chi connectivity index (χ1v) is 8.53. The topological polar surface area (TPSA) is 70.0 Å². The molecule has 0 amide bonds. The van der Waals surface area contributed by atoms with Gasteiger partial charge in [-0.3, -0.25) is 4.90 Å². The van der Waals surface area contributed by atoms with E-state index in [0.717, 1.165) is 5.56 Å². The summed E-state index contributed by atoms with van der Waals surface area (Å²) in [6, 6.07) is 12.6. The summed E-state index contributed by atoms with van der Waals surface area (Å²) < 4.78 is 19.2. The highest BCUT2D eigenvalue weighted by atomic mass is 19.1. The fraction of sp³-hybridized carbons (Fsp3) is 0.350. The quantitative estimate of drug-likeness (QED) is 0.859. The number of benzene rings is 2. The van der Waals surface area contributed by atoms with E-state index in [2.05, 4.69) is 4.90 Å². The lowest BCUT2D eigenvalue weighted by atomic mass is 9.90. The molecule has 1 heterocycles. The average Bonchev–Trinajstić information content (AvgIpc) is 2.58. The van der Waals surface area contributed by atoms with Gasteiger partial charge in [0, 0.05) is 25.7 Å². The average molecular weight is 359 g/mol. The Morgan fingerprint density at radius 1 is 1.31 bits per heavy atom. The molecule has 1 fully saturated rings. The number of aliphatic hydroxyl groups is 1. The Hall–Kier alpha value is -2.44. The number of hydrogen-bond acceptors (Lipinski definition) is 4. The number of likely N-dealkylation sites (tertiary alicyclic amines) is 1. The number of halogens is 1. The minimum atomic E-state index is -1.00. The molecule has 0 aliphatic carbocycles. The maximum atomic E-state index is 13.4. The Morgan fingerprint density at radius 2 is 2.04 bits per heavy atom. The molecule has 2 aromatic rings. The van der Waals surface area contributed by atoms with Crippen molar-refractivity contribution in [2.75, 3.05) is 13.1 Å². The van der Waals surface area contributed by atoms with E-state index in [1.807, 2.05) is 0 Å². The third-order valence-corrected chi connectivity index (χ3v) is 4.73. The van der Waals surface area contributed by atoms with Crippen LogP contribution in [0, 0.1) is 5.82 Å². The van der Waals surface area contributed by atoms with Crippen LogP contribution in [-0.2, 0) is 6.54 Å². The lowest BCUT2D eigenvalue weighted by Gasteiger charge is -2.42. The molecule has 1 aliphatic heterocycles.